The Kier molecular flexibility index (Phi) is 11.5. The highest BCUT2D eigenvalue weighted by molar-refractivity contribution is 6.04. The van der Waals surface area contributed by atoms with Gasteiger partial charge in [0.05, 0.1) is 18.3 Å². The summed E-state index contributed by atoms with van der Waals surface area (Å²) in [7, 11) is 0. The van der Waals surface area contributed by atoms with Gasteiger partial charge in [0.2, 0.25) is 17.7 Å². The molecule has 0 spiro atoms. The number of ether oxygens (including phenoxy) is 1. The molecule has 0 bridgehead atoms. The Bertz CT molecular complexity index is 2160. The van der Waals surface area contributed by atoms with Crippen LogP contribution >= 0.6 is 0 Å². The second kappa shape index (κ2) is 16.5. The SMILES string of the molecule is Cc1cc(NC2CCC(=O)NC2=O)ccc1C1CCN(C(=O)CN2CCC(c3cn4cc(NC(=O)c5cccc(C(F)(F)F)n5)c(OC(C)C)cc4n3)CC2)CC1. The number of likely N-dealkylation sites (tertiary alicyclic amines) is 2. The number of imide groups is 1. The number of aromatic nitrogens is 3. The minimum absolute atomic E-state index is 0.132. The molecular formula is C41H47F3N8O5. The summed E-state index contributed by atoms with van der Waals surface area (Å²) in [5.74, 6) is -0.376. The molecule has 4 aromatic rings. The second-order valence-electron chi connectivity index (χ2n) is 15.4. The number of carbonyl (C=O) groups is 4. The Morgan fingerprint density at radius 3 is 2.37 bits per heavy atom. The number of aryl methyl sites for hydroxylation is 1. The molecule has 0 radical (unpaired) electrons. The maximum atomic E-state index is 13.4. The molecule has 16 heteroatoms. The monoisotopic (exact) mass is 788 g/mol. The molecule has 3 aliphatic heterocycles. The molecule has 13 nitrogen and oxygen atoms in total. The number of anilines is 2. The number of carbonyl (C=O) groups excluding carboxylic acids is 4. The summed E-state index contributed by atoms with van der Waals surface area (Å²) in [5, 5.41) is 8.31. The van der Waals surface area contributed by atoms with Crippen LogP contribution < -0.4 is 20.7 Å². The number of halogens is 3. The second-order valence-corrected chi connectivity index (χ2v) is 15.4. The van der Waals surface area contributed by atoms with E-state index in [0.717, 1.165) is 67.9 Å². The van der Waals surface area contributed by atoms with Crippen LogP contribution in [-0.2, 0) is 20.6 Å². The fraction of sp³-hybridized carbons (Fsp3) is 0.463. The first kappa shape index (κ1) is 39.7. The van der Waals surface area contributed by atoms with Crippen LogP contribution in [0.2, 0.25) is 0 Å². The molecule has 3 aliphatic rings. The van der Waals surface area contributed by atoms with E-state index < -0.39 is 23.8 Å². The minimum Gasteiger partial charge on any atom is -0.489 e. The molecule has 3 saturated heterocycles. The lowest BCUT2D eigenvalue weighted by Crippen LogP contribution is -2.47. The lowest BCUT2D eigenvalue weighted by Gasteiger charge is -2.36. The van der Waals surface area contributed by atoms with Gasteiger partial charge >= 0.3 is 6.18 Å². The zero-order chi connectivity index (χ0) is 40.4. The van der Waals surface area contributed by atoms with Crippen molar-refractivity contribution in [2.45, 2.75) is 89.5 Å². The Morgan fingerprint density at radius 2 is 1.68 bits per heavy atom. The van der Waals surface area contributed by atoms with Crippen LogP contribution in [0.4, 0.5) is 24.5 Å². The number of amides is 4. The van der Waals surface area contributed by atoms with Crippen LogP contribution in [0.25, 0.3) is 5.65 Å². The van der Waals surface area contributed by atoms with Gasteiger partial charge < -0.3 is 24.7 Å². The van der Waals surface area contributed by atoms with Crippen LogP contribution in [0, 0.1) is 6.92 Å². The number of nitrogens with one attached hydrogen (secondary N) is 3. The van der Waals surface area contributed by atoms with E-state index in [9.17, 15) is 32.3 Å². The quantitative estimate of drug-likeness (QED) is 0.167. The van der Waals surface area contributed by atoms with Gasteiger partial charge in [-0.05, 0) is 107 Å². The summed E-state index contributed by atoms with van der Waals surface area (Å²) in [6.07, 6.45) is 2.77. The predicted octanol–water partition coefficient (Wildman–Crippen LogP) is 5.90. The van der Waals surface area contributed by atoms with Crippen LogP contribution in [0.1, 0.15) is 97.2 Å². The third-order valence-electron chi connectivity index (χ3n) is 11.0. The summed E-state index contributed by atoms with van der Waals surface area (Å²) in [6, 6.07) is 10.6. The van der Waals surface area contributed by atoms with Crippen LogP contribution in [0.15, 0.2) is 54.9 Å². The van der Waals surface area contributed by atoms with Crippen molar-refractivity contribution in [1.82, 2.24) is 29.5 Å². The molecule has 302 valence electrons. The largest absolute Gasteiger partial charge is 0.489 e. The number of nitrogens with zero attached hydrogens (tertiary/aromatic N) is 5. The molecule has 0 aliphatic carbocycles. The molecule has 1 aromatic carbocycles. The van der Waals surface area contributed by atoms with E-state index >= 15 is 0 Å². The number of rotatable bonds is 10. The molecule has 57 heavy (non-hydrogen) atoms. The Morgan fingerprint density at radius 1 is 0.947 bits per heavy atom. The van der Waals surface area contributed by atoms with Gasteiger partial charge in [-0.25, -0.2) is 9.97 Å². The standard InChI is InChI=1S/C41H47F3N8O5/c1-24(2)57-34-20-36-47-32(21-52(36)22-33(34)48-39(55)30-5-4-6-35(46-30)41(42,43)44)27-11-15-50(16-12-27)23-38(54)51-17-13-26(14-18-51)29-8-7-28(19-25(29)3)45-31-9-10-37(53)49-40(31)56/h4-8,19-22,24,26-27,31,45H,9-18,23H2,1-3H3,(H,48,55)(H,49,53,56). The first-order valence-corrected chi connectivity index (χ1v) is 19.5. The fourth-order valence-electron chi connectivity index (χ4n) is 7.96. The number of imidazole rings is 1. The molecule has 1 atom stereocenters. The highest BCUT2D eigenvalue weighted by atomic mass is 19.4. The average Bonchev–Trinajstić information content (AvgIpc) is 3.59. The van der Waals surface area contributed by atoms with Crippen molar-refractivity contribution in [3.63, 3.8) is 0 Å². The van der Waals surface area contributed by atoms with E-state index in [1.807, 2.05) is 37.1 Å². The highest BCUT2D eigenvalue weighted by Gasteiger charge is 2.33. The third kappa shape index (κ3) is 9.38. The van der Waals surface area contributed by atoms with Crippen LogP contribution in [0.5, 0.6) is 5.75 Å². The van der Waals surface area contributed by atoms with Crippen molar-refractivity contribution in [2.24, 2.45) is 0 Å². The van der Waals surface area contributed by atoms with Crippen molar-refractivity contribution < 1.29 is 37.1 Å². The molecule has 3 N–H and O–H groups in total. The molecular weight excluding hydrogens is 741 g/mol. The molecule has 6 heterocycles. The van der Waals surface area contributed by atoms with E-state index in [-0.39, 0.29) is 41.1 Å². The Hall–Kier alpha value is -5.51. The van der Waals surface area contributed by atoms with E-state index in [0.29, 0.717) is 49.8 Å². The van der Waals surface area contributed by atoms with E-state index in [2.05, 4.69) is 38.8 Å². The summed E-state index contributed by atoms with van der Waals surface area (Å²) in [6.45, 7) is 8.96. The number of fused-ring (bicyclic) bond motifs is 1. The average molecular weight is 789 g/mol. The molecule has 0 saturated carbocycles. The predicted molar refractivity (Wildman–Crippen MR) is 206 cm³/mol. The number of hydrogen-bond acceptors (Lipinski definition) is 9. The van der Waals surface area contributed by atoms with Crippen molar-refractivity contribution in [1.29, 1.82) is 0 Å². The van der Waals surface area contributed by atoms with Gasteiger partial charge in [-0.2, -0.15) is 13.2 Å². The van der Waals surface area contributed by atoms with Crippen LogP contribution in [-0.4, -0.2) is 92.7 Å². The van der Waals surface area contributed by atoms with Gasteiger partial charge in [-0.1, -0.05) is 12.1 Å². The van der Waals surface area contributed by atoms with Gasteiger partial charge in [0, 0.05) is 49.6 Å². The van der Waals surface area contributed by atoms with Crippen molar-refractivity contribution in [3.8, 4) is 5.75 Å². The van der Waals surface area contributed by atoms with Crippen molar-refractivity contribution in [2.75, 3.05) is 43.4 Å². The van der Waals surface area contributed by atoms with E-state index in [1.165, 1.54) is 11.6 Å². The zero-order valence-corrected chi connectivity index (χ0v) is 32.2. The Labute approximate surface area is 328 Å². The first-order chi connectivity index (χ1) is 27.2. The van der Waals surface area contributed by atoms with Gasteiger partial charge in [-0.15, -0.1) is 0 Å². The topological polar surface area (TPSA) is 150 Å². The normalized spacial score (nSPS) is 18.9. The molecule has 3 aromatic heterocycles. The number of benzene rings is 1. The fourth-order valence-corrected chi connectivity index (χ4v) is 7.96. The highest BCUT2D eigenvalue weighted by Crippen LogP contribution is 2.34. The zero-order valence-electron chi connectivity index (χ0n) is 32.2. The number of alkyl halides is 3. The van der Waals surface area contributed by atoms with Gasteiger partial charge in [0.25, 0.3) is 5.91 Å². The molecule has 3 fully saturated rings. The van der Waals surface area contributed by atoms with Gasteiger partial charge in [-0.3, -0.25) is 29.4 Å². The van der Waals surface area contributed by atoms with Gasteiger partial charge in [0.1, 0.15) is 34.5 Å². The van der Waals surface area contributed by atoms with Gasteiger partial charge in [0.15, 0.2) is 0 Å². The lowest BCUT2D eigenvalue weighted by molar-refractivity contribution is -0.141. The summed E-state index contributed by atoms with van der Waals surface area (Å²) >= 11 is 0. The number of hydrogen-bond donors (Lipinski definition) is 3. The smallest absolute Gasteiger partial charge is 0.433 e. The summed E-state index contributed by atoms with van der Waals surface area (Å²) < 4.78 is 47.4. The molecule has 1 unspecified atom stereocenters. The maximum Gasteiger partial charge on any atom is 0.433 e. The summed E-state index contributed by atoms with van der Waals surface area (Å²) in [4.78, 5) is 62.6. The molecule has 4 amide bonds. The van der Waals surface area contributed by atoms with Crippen molar-refractivity contribution >= 4 is 40.7 Å². The number of piperidine rings is 3. The minimum atomic E-state index is -4.68. The number of pyridine rings is 2. The third-order valence-corrected chi connectivity index (χ3v) is 11.0. The van der Waals surface area contributed by atoms with E-state index in [1.54, 1.807) is 16.7 Å². The maximum absolute atomic E-state index is 13.4. The lowest BCUT2D eigenvalue weighted by atomic mass is 9.86. The van der Waals surface area contributed by atoms with Crippen LogP contribution in [0.3, 0.4) is 0 Å². The first-order valence-electron chi connectivity index (χ1n) is 19.5. The molecule has 7 rings (SSSR count). The van der Waals surface area contributed by atoms with Crippen molar-refractivity contribution in [3.05, 3.63) is 83.1 Å². The van der Waals surface area contributed by atoms with E-state index in [4.69, 9.17) is 9.72 Å². The Balaban J connectivity index is 0.915. The summed E-state index contributed by atoms with van der Waals surface area (Å²) in [5.41, 5.74) is 3.45.